The number of hydrogen-bond donors (Lipinski definition) is 0. The van der Waals surface area contributed by atoms with Gasteiger partial charge in [0, 0.05) is 6.42 Å². The Balaban J connectivity index is 1.99. The van der Waals surface area contributed by atoms with Gasteiger partial charge in [0.25, 0.3) is 0 Å². The Bertz CT molecular complexity index is 646. The Labute approximate surface area is 118 Å². The number of carbonyl (C=O) groups excluding carboxylic acids is 1. The van der Waals surface area contributed by atoms with Crippen molar-refractivity contribution in [3.05, 3.63) is 65.2 Å². The minimum absolute atomic E-state index is 0.259. The van der Waals surface area contributed by atoms with Crippen LogP contribution in [-0.2, 0) is 16.8 Å². The fourth-order valence-corrected chi connectivity index (χ4v) is 2.64. The normalized spacial score (nSPS) is 21.0. The van der Waals surface area contributed by atoms with E-state index in [9.17, 15) is 4.79 Å². The standard InChI is InChI=1S/C17H16O3/c1-17(13-7-9-14(19-2)10-8-13)11-12-5-3-4-6-15(12)16(18)20-17/h3-10H,11H2,1-2H3. The predicted octanol–water partition coefficient (Wildman–Crippen LogP) is 3.32. The number of hydrogen-bond acceptors (Lipinski definition) is 3. The van der Waals surface area contributed by atoms with Crippen LogP contribution in [0.2, 0.25) is 0 Å². The number of cyclic esters (lactones) is 1. The summed E-state index contributed by atoms with van der Waals surface area (Å²) in [6, 6.07) is 15.3. The molecule has 0 spiro atoms. The van der Waals surface area contributed by atoms with Crippen molar-refractivity contribution in [2.75, 3.05) is 7.11 Å². The average Bonchev–Trinajstić information content (AvgIpc) is 2.47. The maximum atomic E-state index is 12.2. The van der Waals surface area contributed by atoms with Crippen molar-refractivity contribution < 1.29 is 14.3 Å². The third kappa shape index (κ3) is 2.05. The van der Waals surface area contributed by atoms with Crippen LogP contribution in [0.3, 0.4) is 0 Å². The van der Waals surface area contributed by atoms with Gasteiger partial charge in [-0.1, -0.05) is 30.3 Å². The van der Waals surface area contributed by atoms with E-state index in [4.69, 9.17) is 9.47 Å². The van der Waals surface area contributed by atoms with Gasteiger partial charge >= 0.3 is 5.97 Å². The number of fused-ring (bicyclic) bond motifs is 1. The van der Waals surface area contributed by atoms with E-state index in [1.54, 1.807) is 7.11 Å². The monoisotopic (exact) mass is 268 g/mol. The molecule has 1 aliphatic heterocycles. The number of esters is 1. The zero-order valence-electron chi connectivity index (χ0n) is 11.6. The second kappa shape index (κ2) is 4.67. The Morgan fingerprint density at radius 3 is 2.50 bits per heavy atom. The summed E-state index contributed by atoms with van der Waals surface area (Å²) in [7, 11) is 1.63. The van der Waals surface area contributed by atoms with E-state index < -0.39 is 5.60 Å². The van der Waals surface area contributed by atoms with Crippen LogP contribution < -0.4 is 4.74 Å². The highest BCUT2D eigenvalue weighted by molar-refractivity contribution is 5.92. The molecule has 0 saturated carbocycles. The first-order valence-corrected chi connectivity index (χ1v) is 6.58. The molecule has 0 fully saturated rings. The minimum Gasteiger partial charge on any atom is -0.497 e. The lowest BCUT2D eigenvalue weighted by molar-refractivity contribution is -0.0182. The quantitative estimate of drug-likeness (QED) is 0.784. The lowest BCUT2D eigenvalue weighted by Gasteiger charge is -2.34. The molecule has 0 bridgehead atoms. The maximum Gasteiger partial charge on any atom is 0.339 e. The van der Waals surface area contributed by atoms with Crippen molar-refractivity contribution >= 4 is 5.97 Å². The highest BCUT2D eigenvalue weighted by atomic mass is 16.6. The molecule has 2 aromatic carbocycles. The van der Waals surface area contributed by atoms with Gasteiger partial charge < -0.3 is 9.47 Å². The van der Waals surface area contributed by atoms with Gasteiger partial charge in [0.05, 0.1) is 12.7 Å². The highest BCUT2D eigenvalue weighted by Gasteiger charge is 2.37. The van der Waals surface area contributed by atoms with E-state index in [0.717, 1.165) is 16.9 Å². The topological polar surface area (TPSA) is 35.5 Å². The molecule has 1 atom stereocenters. The van der Waals surface area contributed by atoms with Crippen LogP contribution in [0.25, 0.3) is 0 Å². The second-order valence-corrected chi connectivity index (χ2v) is 5.18. The molecule has 0 saturated heterocycles. The summed E-state index contributed by atoms with van der Waals surface area (Å²) in [5.74, 6) is 0.532. The minimum atomic E-state index is -0.627. The molecule has 1 aliphatic rings. The average molecular weight is 268 g/mol. The number of rotatable bonds is 2. The van der Waals surface area contributed by atoms with Gasteiger partial charge in [0.15, 0.2) is 0 Å². The van der Waals surface area contributed by atoms with Crippen molar-refractivity contribution in [3.63, 3.8) is 0 Å². The first kappa shape index (κ1) is 12.7. The summed E-state index contributed by atoms with van der Waals surface area (Å²) in [5.41, 5.74) is 2.04. The van der Waals surface area contributed by atoms with Crippen molar-refractivity contribution in [3.8, 4) is 5.75 Å². The van der Waals surface area contributed by atoms with E-state index >= 15 is 0 Å². The molecule has 1 heterocycles. The third-order valence-electron chi connectivity index (χ3n) is 3.78. The molecule has 3 rings (SSSR count). The van der Waals surface area contributed by atoms with Crippen molar-refractivity contribution in [1.82, 2.24) is 0 Å². The number of ether oxygens (including phenoxy) is 2. The molecule has 3 heteroatoms. The molecule has 0 radical (unpaired) electrons. The largest absolute Gasteiger partial charge is 0.497 e. The van der Waals surface area contributed by atoms with Gasteiger partial charge in [-0.3, -0.25) is 0 Å². The van der Waals surface area contributed by atoms with E-state index in [1.165, 1.54) is 0 Å². The van der Waals surface area contributed by atoms with E-state index in [-0.39, 0.29) is 5.97 Å². The fraction of sp³-hybridized carbons (Fsp3) is 0.235. The Morgan fingerprint density at radius 2 is 1.80 bits per heavy atom. The number of carbonyl (C=O) groups is 1. The van der Waals surface area contributed by atoms with Gasteiger partial charge in [-0.05, 0) is 36.2 Å². The van der Waals surface area contributed by atoms with Crippen LogP contribution in [0.15, 0.2) is 48.5 Å². The van der Waals surface area contributed by atoms with Gasteiger partial charge in [0.2, 0.25) is 0 Å². The van der Waals surface area contributed by atoms with Crippen LogP contribution in [0.1, 0.15) is 28.4 Å². The van der Waals surface area contributed by atoms with Crippen LogP contribution in [0.5, 0.6) is 5.75 Å². The third-order valence-corrected chi connectivity index (χ3v) is 3.78. The summed E-state index contributed by atoms with van der Waals surface area (Å²) >= 11 is 0. The first-order chi connectivity index (χ1) is 9.62. The first-order valence-electron chi connectivity index (χ1n) is 6.58. The summed E-state index contributed by atoms with van der Waals surface area (Å²) in [6.07, 6.45) is 0.682. The number of benzene rings is 2. The van der Waals surface area contributed by atoms with E-state index in [1.807, 2.05) is 55.5 Å². The van der Waals surface area contributed by atoms with Crippen LogP contribution in [0.4, 0.5) is 0 Å². The van der Waals surface area contributed by atoms with Crippen molar-refractivity contribution in [1.29, 1.82) is 0 Å². The zero-order valence-corrected chi connectivity index (χ0v) is 11.6. The van der Waals surface area contributed by atoms with Gasteiger partial charge in [-0.2, -0.15) is 0 Å². The Morgan fingerprint density at radius 1 is 1.10 bits per heavy atom. The molecule has 102 valence electrons. The Hall–Kier alpha value is -2.29. The molecule has 0 N–H and O–H groups in total. The zero-order chi connectivity index (χ0) is 14.2. The summed E-state index contributed by atoms with van der Waals surface area (Å²) < 4.78 is 10.8. The number of methoxy groups -OCH3 is 1. The molecule has 0 aliphatic carbocycles. The molecular weight excluding hydrogens is 252 g/mol. The molecule has 1 unspecified atom stereocenters. The van der Waals surface area contributed by atoms with Gasteiger partial charge in [0.1, 0.15) is 11.4 Å². The van der Waals surface area contributed by atoms with E-state index in [0.29, 0.717) is 12.0 Å². The Kier molecular flexibility index (Phi) is 2.97. The van der Waals surface area contributed by atoms with Crippen LogP contribution >= 0.6 is 0 Å². The molecule has 2 aromatic rings. The summed E-state index contributed by atoms with van der Waals surface area (Å²) in [5, 5.41) is 0. The predicted molar refractivity (Wildman–Crippen MR) is 75.9 cm³/mol. The lowest BCUT2D eigenvalue weighted by Crippen LogP contribution is -2.36. The smallest absolute Gasteiger partial charge is 0.339 e. The van der Waals surface area contributed by atoms with Gasteiger partial charge in [-0.15, -0.1) is 0 Å². The lowest BCUT2D eigenvalue weighted by atomic mass is 9.85. The van der Waals surface area contributed by atoms with Gasteiger partial charge in [-0.25, -0.2) is 4.79 Å². The molecular formula is C17H16O3. The molecule has 0 amide bonds. The maximum absolute atomic E-state index is 12.2. The van der Waals surface area contributed by atoms with Crippen LogP contribution in [0, 0.1) is 0 Å². The molecule has 20 heavy (non-hydrogen) atoms. The van der Waals surface area contributed by atoms with E-state index in [2.05, 4.69) is 0 Å². The molecule has 3 nitrogen and oxygen atoms in total. The van der Waals surface area contributed by atoms with Crippen LogP contribution in [-0.4, -0.2) is 13.1 Å². The second-order valence-electron chi connectivity index (χ2n) is 5.18. The SMILES string of the molecule is COc1ccc(C2(C)Cc3ccccc3C(=O)O2)cc1. The fourth-order valence-electron chi connectivity index (χ4n) is 2.64. The summed E-state index contributed by atoms with van der Waals surface area (Å²) in [6.45, 7) is 1.95. The molecule has 0 aromatic heterocycles. The highest BCUT2D eigenvalue weighted by Crippen LogP contribution is 2.36. The summed E-state index contributed by atoms with van der Waals surface area (Å²) in [4.78, 5) is 12.2. The van der Waals surface area contributed by atoms with Crippen molar-refractivity contribution in [2.24, 2.45) is 0 Å². The van der Waals surface area contributed by atoms with Crippen molar-refractivity contribution in [2.45, 2.75) is 18.9 Å².